The van der Waals surface area contributed by atoms with Crippen LogP contribution in [-0.2, 0) is 4.79 Å². The maximum atomic E-state index is 11.5. The van der Waals surface area contributed by atoms with Gasteiger partial charge in [0.25, 0.3) is 5.91 Å². The summed E-state index contributed by atoms with van der Waals surface area (Å²) in [5.74, 6) is 4.36. The van der Waals surface area contributed by atoms with E-state index >= 15 is 0 Å². The molecule has 0 aromatic rings. The molecule has 0 saturated carbocycles. The summed E-state index contributed by atoms with van der Waals surface area (Å²) in [5, 5.41) is 3.28. The van der Waals surface area contributed by atoms with Crippen molar-refractivity contribution in [1.29, 1.82) is 0 Å². The summed E-state index contributed by atoms with van der Waals surface area (Å²) in [6, 6.07) is 0. The Kier molecular flexibility index (Phi) is 2.79. The highest BCUT2D eigenvalue weighted by atomic mass is 32.2. The molecule has 0 aliphatic carbocycles. The van der Waals surface area contributed by atoms with Crippen molar-refractivity contribution in [3.63, 3.8) is 0 Å². The van der Waals surface area contributed by atoms with E-state index in [4.69, 9.17) is 0 Å². The summed E-state index contributed by atoms with van der Waals surface area (Å²) in [7, 11) is 0. The predicted molar refractivity (Wildman–Crippen MR) is 63.2 cm³/mol. The minimum absolute atomic E-state index is 0.0312. The van der Waals surface area contributed by atoms with E-state index in [0.29, 0.717) is 5.25 Å². The molecule has 0 spiro atoms. The Hall–Kier alpha value is -0.160. The summed E-state index contributed by atoms with van der Waals surface area (Å²) >= 11 is 3.84. The molecule has 0 bridgehead atoms. The fraction of sp³-hybridized carbons (Fsp3) is 0.778. The number of rotatable bonds is 1. The highest BCUT2D eigenvalue weighted by molar-refractivity contribution is 8.07. The minimum atomic E-state index is -0.558. The number of amides is 1. The Labute approximate surface area is 92.5 Å². The van der Waals surface area contributed by atoms with Crippen molar-refractivity contribution in [2.24, 2.45) is 4.99 Å². The maximum absolute atomic E-state index is 11.5. The van der Waals surface area contributed by atoms with Gasteiger partial charge in [-0.3, -0.25) is 9.79 Å². The van der Waals surface area contributed by atoms with E-state index in [2.05, 4.69) is 10.3 Å². The first-order chi connectivity index (χ1) is 6.59. The third-order valence-electron chi connectivity index (χ3n) is 2.32. The first kappa shape index (κ1) is 10.4. The summed E-state index contributed by atoms with van der Waals surface area (Å²) < 4.78 is 0. The lowest BCUT2D eigenvalue weighted by Gasteiger charge is -2.20. The van der Waals surface area contributed by atoms with Crippen LogP contribution in [0, 0.1) is 0 Å². The fourth-order valence-electron chi connectivity index (χ4n) is 1.45. The molecule has 14 heavy (non-hydrogen) atoms. The van der Waals surface area contributed by atoms with Crippen LogP contribution in [0.4, 0.5) is 0 Å². The zero-order valence-electron chi connectivity index (χ0n) is 8.37. The number of nitrogens with one attached hydrogen (secondary N) is 1. The Morgan fingerprint density at radius 2 is 2.29 bits per heavy atom. The van der Waals surface area contributed by atoms with Gasteiger partial charge >= 0.3 is 0 Å². The standard InChI is InChI=1S/C9H14N2OS2/c1-9(2)8(12)10-7(11-9)6-5-13-3-4-14-6/h6H,3-5H2,1-2H3,(H,10,11,12). The summed E-state index contributed by atoms with van der Waals surface area (Å²) in [6.07, 6.45) is 0. The van der Waals surface area contributed by atoms with Gasteiger partial charge in [0.05, 0.1) is 5.25 Å². The lowest BCUT2D eigenvalue weighted by atomic mass is 10.1. The number of aliphatic imine (C=N–C) groups is 1. The van der Waals surface area contributed by atoms with E-state index < -0.39 is 5.54 Å². The molecule has 3 nitrogen and oxygen atoms in total. The van der Waals surface area contributed by atoms with Crippen LogP contribution in [0.5, 0.6) is 0 Å². The van der Waals surface area contributed by atoms with Crippen molar-refractivity contribution < 1.29 is 4.79 Å². The monoisotopic (exact) mass is 230 g/mol. The molecular formula is C9H14N2OS2. The van der Waals surface area contributed by atoms with Gasteiger partial charge in [-0.1, -0.05) is 0 Å². The summed E-state index contributed by atoms with van der Waals surface area (Å²) in [4.78, 5) is 16.0. The molecule has 2 rings (SSSR count). The van der Waals surface area contributed by atoms with Crippen LogP contribution in [0.15, 0.2) is 4.99 Å². The van der Waals surface area contributed by atoms with Gasteiger partial charge in [-0.25, -0.2) is 0 Å². The van der Waals surface area contributed by atoms with Gasteiger partial charge in [-0.15, -0.1) is 11.8 Å². The molecule has 1 fully saturated rings. The molecule has 0 radical (unpaired) electrons. The zero-order chi connectivity index (χ0) is 10.2. The van der Waals surface area contributed by atoms with Crippen molar-refractivity contribution in [3.8, 4) is 0 Å². The lowest BCUT2D eigenvalue weighted by molar-refractivity contribution is -0.122. The molecule has 2 aliphatic heterocycles. The second-order valence-electron chi connectivity index (χ2n) is 3.94. The number of hydrogen-bond donors (Lipinski definition) is 1. The van der Waals surface area contributed by atoms with Gasteiger partial charge in [0, 0.05) is 17.3 Å². The normalized spacial score (nSPS) is 31.1. The SMILES string of the molecule is CC1(C)N=C(C2CSCCS2)NC1=O. The first-order valence-electron chi connectivity index (χ1n) is 4.70. The van der Waals surface area contributed by atoms with E-state index in [1.807, 2.05) is 37.4 Å². The van der Waals surface area contributed by atoms with Crippen LogP contribution in [0.3, 0.4) is 0 Å². The van der Waals surface area contributed by atoms with E-state index in [1.54, 1.807) is 0 Å². The molecule has 2 heterocycles. The van der Waals surface area contributed by atoms with Gasteiger partial charge in [0.2, 0.25) is 0 Å². The van der Waals surface area contributed by atoms with Crippen LogP contribution >= 0.6 is 23.5 Å². The zero-order valence-corrected chi connectivity index (χ0v) is 10.0. The van der Waals surface area contributed by atoms with Gasteiger partial charge < -0.3 is 5.32 Å². The average Bonchev–Trinajstić information content (AvgIpc) is 2.43. The van der Waals surface area contributed by atoms with Crippen LogP contribution < -0.4 is 5.32 Å². The smallest absolute Gasteiger partial charge is 0.252 e. The summed E-state index contributed by atoms with van der Waals surface area (Å²) in [5.41, 5.74) is -0.558. The average molecular weight is 230 g/mol. The van der Waals surface area contributed by atoms with Crippen molar-refractivity contribution in [1.82, 2.24) is 5.32 Å². The Morgan fingerprint density at radius 3 is 2.79 bits per heavy atom. The van der Waals surface area contributed by atoms with Gasteiger partial charge in [0.15, 0.2) is 0 Å². The minimum Gasteiger partial charge on any atom is -0.311 e. The summed E-state index contributed by atoms with van der Waals surface area (Å²) in [6.45, 7) is 3.71. The molecule has 1 amide bonds. The molecule has 1 saturated heterocycles. The second kappa shape index (κ2) is 3.77. The number of carbonyl (C=O) groups is 1. The molecule has 1 unspecified atom stereocenters. The van der Waals surface area contributed by atoms with Crippen molar-refractivity contribution in [3.05, 3.63) is 0 Å². The highest BCUT2D eigenvalue weighted by Gasteiger charge is 2.37. The molecule has 2 aliphatic rings. The number of nitrogens with zero attached hydrogens (tertiary/aromatic N) is 1. The van der Waals surface area contributed by atoms with Crippen LogP contribution in [0.2, 0.25) is 0 Å². The van der Waals surface area contributed by atoms with Crippen LogP contribution in [-0.4, -0.2) is 39.8 Å². The molecule has 78 valence electrons. The van der Waals surface area contributed by atoms with E-state index in [9.17, 15) is 4.79 Å². The quantitative estimate of drug-likeness (QED) is 0.734. The lowest BCUT2D eigenvalue weighted by Crippen LogP contribution is -2.38. The molecule has 1 N–H and O–H groups in total. The Morgan fingerprint density at radius 1 is 1.50 bits per heavy atom. The van der Waals surface area contributed by atoms with Gasteiger partial charge in [-0.2, -0.15) is 11.8 Å². The van der Waals surface area contributed by atoms with E-state index in [0.717, 1.165) is 17.3 Å². The molecule has 1 atom stereocenters. The molecule has 5 heteroatoms. The second-order valence-corrected chi connectivity index (χ2v) is 6.40. The topological polar surface area (TPSA) is 41.5 Å². The molecule has 0 aromatic carbocycles. The van der Waals surface area contributed by atoms with Gasteiger partial charge in [-0.05, 0) is 13.8 Å². The van der Waals surface area contributed by atoms with Crippen molar-refractivity contribution >= 4 is 35.3 Å². The largest absolute Gasteiger partial charge is 0.311 e. The number of thioether (sulfide) groups is 2. The molecule has 0 aromatic heterocycles. The van der Waals surface area contributed by atoms with Crippen molar-refractivity contribution in [2.45, 2.75) is 24.6 Å². The number of hydrogen-bond acceptors (Lipinski definition) is 4. The van der Waals surface area contributed by atoms with Gasteiger partial charge in [0.1, 0.15) is 11.4 Å². The van der Waals surface area contributed by atoms with Crippen molar-refractivity contribution in [2.75, 3.05) is 17.3 Å². The first-order valence-corrected chi connectivity index (χ1v) is 6.90. The van der Waals surface area contributed by atoms with E-state index in [-0.39, 0.29) is 5.91 Å². The van der Waals surface area contributed by atoms with Crippen LogP contribution in [0.25, 0.3) is 0 Å². The number of amidine groups is 1. The predicted octanol–water partition coefficient (Wildman–Crippen LogP) is 1.14. The third-order valence-corrected chi connectivity index (χ3v) is 5.08. The molecular weight excluding hydrogens is 216 g/mol. The Balaban J connectivity index is 2.09. The Bertz CT molecular complexity index is 283. The van der Waals surface area contributed by atoms with E-state index in [1.165, 1.54) is 5.75 Å². The fourth-order valence-corrected chi connectivity index (χ4v) is 4.07. The van der Waals surface area contributed by atoms with Crippen LogP contribution in [0.1, 0.15) is 13.8 Å². The maximum Gasteiger partial charge on any atom is 0.252 e. The highest BCUT2D eigenvalue weighted by Crippen LogP contribution is 2.27. The number of carbonyl (C=O) groups excluding carboxylic acids is 1. The third kappa shape index (κ3) is 1.93.